The molecule has 0 amide bonds. The Morgan fingerprint density at radius 1 is 1.27 bits per heavy atom. The maximum atomic E-state index is 13.0. The minimum atomic E-state index is -4.17. The summed E-state index contributed by atoms with van der Waals surface area (Å²) in [7, 11) is 1.82. The van der Waals surface area contributed by atoms with Crippen molar-refractivity contribution < 1.29 is 23.0 Å². The molecule has 0 aromatic heterocycles. The number of nitrogens with zero attached hydrogens (tertiary/aromatic N) is 1. The van der Waals surface area contributed by atoms with Crippen LogP contribution in [0.15, 0.2) is 12.2 Å². The monoisotopic (exact) mass is 321 g/mol. The molecule has 5 atom stereocenters. The Bertz CT molecular complexity index is 417. The maximum absolute atomic E-state index is 13.0. The molecule has 1 saturated heterocycles. The van der Waals surface area contributed by atoms with Crippen LogP contribution in [0, 0.1) is 17.3 Å². The number of halogens is 3. The third-order valence-corrected chi connectivity index (χ3v) is 4.79. The van der Waals surface area contributed by atoms with E-state index in [1.165, 1.54) is 0 Å². The van der Waals surface area contributed by atoms with Crippen molar-refractivity contribution in [3.63, 3.8) is 0 Å². The van der Waals surface area contributed by atoms with Crippen LogP contribution in [-0.4, -0.2) is 48.2 Å². The normalized spacial score (nSPS) is 37.7. The van der Waals surface area contributed by atoms with Gasteiger partial charge in [-0.05, 0) is 25.3 Å². The summed E-state index contributed by atoms with van der Waals surface area (Å²) in [5.41, 5.74) is -0.182. The number of alkyl halides is 3. The molecule has 0 aromatic carbocycles. The summed E-state index contributed by atoms with van der Waals surface area (Å²) < 4.78 is 45.0. The van der Waals surface area contributed by atoms with Gasteiger partial charge < -0.3 is 9.84 Å². The molecule has 0 saturated carbocycles. The Morgan fingerprint density at radius 3 is 2.36 bits per heavy atom. The Labute approximate surface area is 130 Å². The zero-order valence-electron chi connectivity index (χ0n) is 13.6. The Balaban J connectivity index is 2.16. The van der Waals surface area contributed by atoms with Gasteiger partial charge in [0.15, 0.2) is 0 Å². The van der Waals surface area contributed by atoms with Gasteiger partial charge in [-0.3, -0.25) is 4.90 Å². The lowest BCUT2D eigenvalue weighted by molar-refractivity contribution is -0.183. The first-order valence-corrected chi connectivity index (χ1v) is 7.77. The van der Waals surface area contributed by atoms with Gasteiger partial charge in [-0.2, -0.15) is 13.2 Å². The molecule has 22 heavy (non-hydrogen) atoms. The fourth-order valence-electron chi connectivity index (χ4n) is 3.55. The molecule has 2 rings (SSSR count). The Hall–Kier alpha value is -0.590. The molecule has 1 heterocycles. The molecule has 1 N–H and O–H groups in total. The average molecular weight is 321 g/mol. The van der Waals surface area contributed by atoms with Gasteiger partial charge in [0, 0.05) is 5.92 Å². The lowest BCUT2D eigenvalue weighted by atomic mass is 9.84. The van der Waals surface area contributed by atoms with Crippen molar-refractivity contribution in [2.24, 2.45) is 17.3 Å². The van der Waals surface area contributed by atoms with E-state index in [4.69, 9.17) is 4.74 Å². The molecule has 1 aliphatic heterocycles. The summed E-state index contributed by atoms with van der Waals surface area (Å²) in [6.07, 6.45) is -1.24. The van der Waals surface area contributed by atoms with Gasteiger partial charge in [0.25, 0.3) is 0 Å². The molecular formula is C16H26F3NO2. The minimum absolute atomic E-state index is 0.0442. The number of hydrogen-bond donors (Lipinski definition) is 1. The van der Waals surface area contributed by atoms with Gasteiger partial charge in [0.05, 0.1) is 24.7 Å². The topological polar surface area (TPSA) is 32.7 Å². The number of likely N-dealkylation sites (N-methyl/N-ethyl adjacent to an activating group) is 1. The van der Waals surface area contributed by atoms with Crippen LogP contribution < -0.4 is 0 Å². The van der Waals surface area contributed by atoms with Crippen LogP contribution in [-0.2, 0) is 4.74 Å². The number of allylic oxidation sites excluding steroid dienone is 1. The van der Waals surface area contributed by atoms with E-state index in [-0.39, 0.29) is 42.9 Å². The van der Waals surface area contributed by atoms with Crippen LogP contribution in [0.2, 0.25) is 0 Å². The highest BCUT2D eigenvalue weighted by molar-refractivity contribution is 5.04. The molecule has 2 aliphatic rings. The van der Waals surface area contributed by atoms with E-state index in [9.17, 15) is 18.3 Å². The summed E-state index contributed by atoms with van der Waals surface area (Å²) in [4.78, 5) is 1.89. The fraction of sp³-hybridized carbons (Fsp3) is 0.875. The standard InChI is InChI=1S/C16H26F3NO2/c1-15(2,3)13-12(9-21)20(4)14(22-13)10-6-5-7-11(8-10)16(17,18)19/h5-6,10-14,21H,7-9H2,1-4H3. The average Bonchev–Trinajstić information content (AvgIpc) is 2.75. The molecule has 0 radical (unpaired) electrons. The van der Waals surface area contributed by atoms with E-state index in [2.05, 4.69) is 0 Å². The Kier molecular flexibility index (Phi) is 4.95. The van der Waals surface area contributed by atoms with Gasteiger partial charge in [-0.15, -0.1) is 0 Å². The lowest BCUT2D eigenvalue weighted by Gasteiger charge is -2.33. The first kappa shape index (κ1) is 17.8. The van der Waals surface area contributed by atoms with Crippen LogP contribution in [0.25, 0.3) is 0 Å². The first-order chi connectivity index (χ1) is 10.1. The lowest BCUT2D eigenvalue weighted by Crippen LogP contribution is -2.44. The van der Waals surface area contributed by atoms with E-state index in [1.54, 1.807) is 6.08 Å². The largest absolute Gasteiger partial charge is 0.395 e. The van der Waals surface area contributed by atoms with E-state index < -0.39 is 18.3 Å². The molecule has 128 valence electrons. The zero-order chi connectivity index (χ0) is 16.7. The van der Waals surface area contributed by atoms with Crippen molar-refractivity contribution in [3.05, 3.63) is 12.2 Å². The molecule has 1 aliphatic carbocycles. The summed E-state index contributed by atoms with van der Waals surface area (Å²) in [5, 5.41) is 9.65. The van der Waals surface area contributed by atoms with E-state index in [0.717, 1.165) is 0 Å². The predicted molar refractivity (Wildman–Crippen MR) is 78.2 cm³/mol. The third kappa shape index (κ3) is 3.49. The predicted octanol–water partition coefficient (Wildman–Crippen LogP) is 3.19. The molecule has 0 spiro atoms. The summed E-state index contributed by atoms with van der Waals surface area (Å²) in [6.45, 7) is 6.00. The molecule has 0 bridgehead atoms. The molecule has 5 unspecified atom stereocenters. The van der Waals surface area contributed by atoms with E-state index in [1.807, 2.05) is 38.8 Å². The second-order valence-electron chi connectivity index (χ2n) is 7.53. The SMILES string of the molecule is CN1C(CO)C(C(C)(C)C)OC1C1C=CCC(C(F)(F)F)C1. The fourth-order valence-corrected chi connectivity index (χ4v) is 3.55. The van der Waals surface area contributed by atoms with E-state index >= 15 is 0 Å². The molecule has 3 nitrogen and oxygen atoms in total. The number of hydrogen-bond acceptors (Lipinski definition) is 3. The van der Waals surface area contributed by atoms with Crippen LogP contribution >= 0.6 is 0 Å². The maximum Gasteiger partial charge on any atom is 0.392 e. The van der Waals surface area contributed by atoms with Crippen LogP contribution in [0.3, 0.4) is 0 Å². The third-order valence-electron chi connectivity index (χ3n) is 4.79. The summed E-state index contributed by atoms with van der Waals surface area (Å²) >= 11 is 0. The van der Waals surface area contributed by atoms with Crippen LogP contribution in [0.4, 0.5) is 13.2 Å². The first-order valence-electron chi connectivity index (χ1n) is 7.77. The van der Waals surface area contributed by atoms with Crippen molar-refractivity contribution in [2.75, 3.05) is 13.7 Å². The quantitative estimate of drug-likeness (QED) is 0.793. The molecular weight excluding hydrogens is 295 g/mol. The number of aliphatic hydroxyl groups excluding tert-OH is 1. The second-order valence-corrected chi connectivity index (χ2v) is 7.53. The van der Waals surface area contributed by atoms with Gasteiger partial charge in [0.2, 0.25) is 0 Å². The number of rotatable bonds is 2. The number of ether oxygens (including phenoxy) is 1. The van der Waals surface area contributed by atoms with Crippen molar-refractivity contribution in [2.45, 2.75) is 58.2 Å². The van der Waals surface area contributed by atoms with Crippen molar-refractivity contribution in [3.8, 4) is 0 Å². The molecule has 6 heteroatoms. The van der Waals surface area contributed by atoms with E-state index in [0.29, 0.717) is 0 Å². The zero-order valence-corrected chi connectivity index (χ0v) is 13.6. The van der Waals surface area contributed by atoms with Crippen molar-refractivity contribution in [1.29, 1.82) is 0 Å². The highest BCUT2D eigenvalue weighted by atomic mass is 19.4. The highest BCUT2D eigenvalue weighted by Gasteiger charge is 2.49. The Morgan fingerprint density at radius 2 is 1.91 bits per heavy atom. The summed E-state index contributed by atoms with van der Waals surface area (Å²) in [6, 6.07) is -0.190. The number of aliphatic hydroxyl groups is 1. The van der Waals surface area contributed by atoms with Gasteiger partial charge in [-0.25, -0.2) is 0 Å². The van der Waals surface area contributed by atoms with Gasteiger partial charge in [0.1, 0.15) is 6.23 Å². The smallest absolute Gasteiger partial charge is 0.392 e. The van der Waals surface area contributed by atoms with Crippen LogP contribution in [0.1, 0.15) is 33.6 Å². The summed E-state index contributed by atoms with van der Waals surface area (Å²) in [5.74, 6) is -1.60. The molecule has 1 fully saturated rings. The second kappa shape index (κ2) is 6.13. The van der Waals surface area contributed by atoms with Gasteiger partial charge in [-0.1, -0.05) is 32.9 Å². The highest BCUT2D eigenvalue weighted by Crippen LogP contribution is 2.43. The molecule has 0 aromatic rings. The van der Waals surface area contributed by atoms with Gasteiger partial charge >= 0.3 is 6.18 Å². The van der Waals surface area contributed by atoms with Crippen molar-refractivity contribution in [1.82, 2.24) is 4.90 Å². The minimum Gasteiger partial charge on any atom is -0.395 e. The van der Waals surface area contributed by atoms with Crippen LogP contribution in [0.5, 0.6) is 0 Å². The van der Waals surface area contributed by atoms with Crippen molar-refractivity contribution >= 4 is 0 Å².